The molecule has 0 radical (unpaired) electrons. The third kappa shape index (κ3) is 3.83. The van der Waals surface area contributed by atoms with E-state index in [0.29, 0.717) is 28.6 Å². The Morgan fingerprint density at radius 3 is 2.63 bits per heavy atom. The number of aromatic nitrogens is 5. The number of aliphatic hydroxyl groups is 1. The Kier molecular flexibility index (Phi) is 5.14. The van der Waals surface area contributed by atoms with Crippen molar-refractivity contribution in [1.29, 1.82) is 0 Å². The molecule has 4 rings (SSSR count). The van der Waals surface area contributed by atoms with Crippen LogP contribution < -0.4 is 4.90 Å². The van der Waals surface area contributed by atoms with Crippen LogP contribution in [0.4, 0.5) is 14.6 Å². The predicted octanol–water partition coefficient (Wildman–Crippen LogP) is 3.43. The van der Waals surface area contributed by atoms with E-state index in [-0.39, 0.29) is 5.82 Å². The van der Waals surface area contributed by atoms with Crippen LogP contribution in [-0.2, 0) is 12.0 Å². The molecular weight excluding hydrogens is 414 g/mol. The van der Waals surface area contributed by atoms with Gasteiger partial charge in [-0.15, -0.1) is 5.10 Å². The third-order valence-corrected chi connectivity index (χ3v) is 5.52. The standard InChI is InChI=1S/C20H23ClF2N6O/c1-19(2,3)18-24-16(28-11-20(22,23)8-13(28)10-30)15-17(25-18)29(27-26-15)9-12-6-4-5-7-14(12)21/h4-7,13,30H,8-11H2,1-3H3. The molecule has 0 saturated carbocycles. The zero-order valence-electron chi connectivity index (χ0n) is 17.0. The summed E-state index contributed by atoms with van der Waals surface area (Å²) in [6.45, 7) is 5.23. The van der Waals surface area contributed by atoms with Gasteiger partial charge in [0.15, 0.2) is 17.0 Å². The highest BCUT2D eigenvalue weighted by atomic mass is 35.5. The lowest BCUT2D eigenvalue weighted by atomic mass is 9.95. The number of hydrogen-bond donors (Lipinski definition) is 1. The molecule has 1 saturated heterocycles. The van der Waals surface area contributed by atoms with Crippen LogP contribution in [0.1, 0.15) is 38.6 Å². The number of aliphatic hydroxyl groups excluding tert-OH is 1. The maximum Gasteiger partial charge on any atom is 0.267 e. The van der Waals surface area contributed by atoms with Crippen molar-refractivity contribution in [2.45, 2.75) is 51.1 Å². The largest absolute Gasteiger partial charge is 0.394 e. The zero-order valence-corrected chi connectivity index (χ0v) is 17.7. The van der Waals surface area contributed by atoms with Gasteiger partial charge >= 0.3 is 0 Å². The molecule has 3 heterocycles. The highest BCUT2D eigenvalue weighted by Crippen LogP contribution is 2.37. The molecule has 2 aromatic heterocycles. The number of anilines is 1. The maximum atomic E-state index is 14.1. The van der Waals surface area contributed by atoms with Crippen molar-refractivity contribution < 1.29 is 13.9 Å². The first-order valence-electron chi connectivity index (χ1n) is 9.69. The lowest BCUT2D eigenvalue weighted by Gasteiger charge is -2.25. The molecule has 160 valence electrons. The van der Waals surface area contributed by atoms with Gasteiger partial charge in [-0.25, -0.2) is 23.4 Å². The summed E-state index contributed by atoms with van der Waals surface area (Å²) in [4.78, 5) is 10.7. The second-order valence-electron chi connectivity index (χ2n) is 8.66. The maximum absolute atomic E-state index is 14.1. The lowest BCUT2D eigenvalue weighted by molar-refractivity contribution is 0.0201. The van der Waals surface area contributed by atoms with Gasteiger partial charge in [-0.2, -0.15) is 0 Å². The average Bonchev–Trinajstić information content (AvgIpc) is 3.22. The number of hydrogen-bond acceptors (Lipinski definition) is 6. The fourth-order valence-corrected chi connectivity index (χ4v) is 3.78. The second kappa shape index (κ2) is 7.39. The number of benzene rings is 1. The summed E-state index contributed by atoms with van der Waals surface area (Å²) in [5.41, 5.74) is 1.17. The van der Waals surface area contributed by atoms with E-state index in [9.17, 15) is 13.9 Å². The Morgan fingerprint density at radius 2 is 1.97 bits per heavy atom. The Hall–Kier alpha value is -2.39. The normalized spacial score (nSPS) is 19.0. The van der Waals surface area contributed by atoms with E-state index in [0.717, 1.165) is 5.56 Å². The molecular formula is C20H23ClF2N6O. The van der Waals surface area contributed by atoms with Crippen molar-refractivity contribution in [2.24, 2.45) is 0 Å². The molecule has 3 aromatic rings. The number of halogens is 3. The summed E-state index contributed by atoms with van der Waals surface area (Å²) >= 11 is 6.29. The number of fused-ring (bicyclic) bond motifs is 1. The first-order valence-corrected chi connectivity index (χ1v) is 10.1. The Bertz CT molecular complexity index is 1080. The highest BCUT2D eigenvalue weighted by molar-refractivity contribution is 6.31. The summed E-state index contributed by atoms with van der Waals surface area (Å²) in [6, 6.07) is 6.63. The lowest BCUT2D eigenvalue weighted by Crippen LogP contribution is -2.34. The molecule has 0 aliphatic carbocycles. The summed E-state index contributed by atoms with van der Waals surface area (Å²) < 4.78 is 29.9. The molecule has 7 nitrogen and oxygen atoms in total. The number of alkyl halides is 2. The SMILES string of the molecule is CC(C)(C)c1nc(N2CC(F)(F)CC2CO)c2nnn(Cc3ccccc3Cl)c2n1. The minimum absolute atomic E-state index is 0.270. The molecule has 1 unspecified atom stereocenters. The van der Waals surface area contributed by atoms with Crippen molar-refractivity contribution in [3.05, 3.63) is 40.7 Å². The smallest absolute Gasteiger partial charge is 0.267 e. The van der Waals surface area contributed by atoms with Crippen LogP contribution in [0, 0.1) is 0 Å². The molecule has 1 aliphatic heterocycles. The van der Waals surface area contributed by atoms with Gasteiger partial charge in [0.1, 0.15) is 5.82 Å². The minimum atomic E-state index is -2.92. The van der Waals surface area contributed by atoms with Crippen LogP contribution in [0.25, 0.3) is 11.2 Å². The monoisotopic (exact) mass is 436 g/mol. The van der Waals surface area contributed by atoms with E-state index >= 15 is 0 Å². The summed E-state index contributed by atoms with van der Waals surface area (Å²) in [6.07, 6.45) is -0.437. The van der Waals surface area contributed by atoms with Gasteiger partial charge in [0.05, 0.1) is 25.7 Å². The van der Waals surface area contributed by atoms with Crippen LogP contribution in [0.5, 0.6) is 0 Å². The van der Waals surface area contributed by atoms with Gasteiger partial charge in [0.2, 0.25) is 0 Å². The highest BCUT2D eigenvalue weighted by Gasteiger charge is 2.46. The Labute approximate surface area is 177 Å². The summed E-state index contributed by atoms with van der Waals surface area (Å²) in [7, 11) is 0. The van der Waals surface area contributed by atoms with Gasteiger partial charge in [0.25, 0.3) is 5.92 Å². The van der Waals surface area contributed by atoms with Crippen molar-refractivity contribution in [2.75, 3.05) is 18.1 Å². The van der Waals surface area contributed by atoms with Crippen molar-refractivity contribution in [3.8, 4) is 0 Å². The fourth-order valence-electron chi connectivity index (χ4n) is 3.58. The fraction of sp³-hybridized carbons (Fsp3) is 0.500. The van der Waals surface area contributed by atoms with Gasteiger partial charge in [-0.1, -0.05) is 55.8 Å². The minimum Gasteiger partial charge on any atom is -0.394 e. The van der Waals surface area contributed by atoms with Gasteiger partial charge in [0, 0.05) is 16.9 Å². The van der Waals surface area contributed by atoms with E-state index < -0.39 is 37.0 Å². The van der Waals surface area contributed by atoms with Gasteiger partial charge in [-0.05, 0) is 11.6 Å². The van der Waals surface area contributed by atoms with E-state index in [4.69, 9.17) is 11.6 Å². The Morgan fingerprint density at radius 1 is 1.23 bits per heavy atom. The number of rotatable bonds is 4. The van der Waals surface area contributed by atoms with Crippen LogP contribution in [0.15, 0.2) is 24.3 Å². The molecule has 1 atom stereocenters. The average molecular weight is 437 g/mol. The van der Waals surface area contributed by atoms with Crippen LogP contribution in [-0.4, -0.2) is 55.2 Å². The van der Waals surface area contributed by atoms with E-state index in [1.54, 1.807) is 10.7 Å². The van der Waals surface area contributed by atoms with E-state index in [1.807, 2.05) is 39.0 Å². The van der Waals surface area contributed by atoms with Crippen LogP contribution in [0.3, 0.4) is 0 Å². The zero-order chi connectivity index (χ0) is 21.7. The van der Waals surface area contributed by atoms with Crippen LogP contribution in [0.2, 0.25) is 5.02 Å². The Balaban J connectivity index is 1.87. The first kappa shape index (κ1) is 20.9. The molecule has 1 N–H and O–H groups in total. The van der Waals surface area contributed by atoms with Crippen molar-refractivity contribution in [1.82, 2.24) is 25.0 Å². The molecule has 1 aromatic carbocycles. The quantitative estimate of drug-likeness (QED) is 0.675. The molecule has 10 heteroatoms. The van der Waals surface area contributed by atoms with Gasteiger partial charge < -0.3 is 10.0 Å². The topological polar surface area (TPSA) is 80.0 Å². The molecule has 0 spiro atoms. The molecule has 0 bridgehead atoms. The second-order valence-corrected chi connectivity index (χ2v) is 9.06. The van der Waals surface area contributed by atoms with Crippen LogP contribution >= 0.6 is 11.6 Å². The first-order chi connectivity index (χ1) is 14.1. The molecule has 30 heavy (non-hydrogen) atoms. The predicted molar refractivity (Wildman–Crippen MR) is 110 cm³/mol. The summed E-state index contributed by atoms with van der Waals surface area (Å²) in [5, 5.41) is 18.7. The molecule has 1 aliphatic rings. The molecule has 0 amide bonds. The van der Waals surface area contributed by atoms with E-state index in [1.165, 1.54) is 4.90 Å². The molecule has 1 fully saturated rings. The number of nitrogens with zero attached hydrogens (tertiary/aromatic N) is 6. The van der Waals surface area contributed by atoms with Crippen molar-refractivity contribution in [3.63, 3.8) is 0 Å². The van der Waals surface area contributed by atoms with E-state index in [2.05, 4.69) is 20.3 Å². The van der Waals surface area contributed by atoms with Crippen molar-refractivity contribution >= 4 is 28.6 Å². The third-order valence-electron chi connectivity index (χ3n) is 5.15. The summed E-state index contributed by atoms with van der Waals surface area (Å²) in [5.74, 6) is -2.16. The van der Waals surface area contributed by atoms with Gasteiger partial charge in [-0.3, -0.25) is 0 Å².